The highest BCUT2D eigenvalue weighted by molar-refractivity contribution is 5.85. The predicted molar refractivity (Wildman–Crippen MR) is 136 cm³/mol. The van der Waals surface area contributed by atoms with Crippen molar-refractivity contribution >= 4 is 5.78 Å². The van der Waals surface area contributed by atoms with Gasteiger partial charge in [0.2, 0.25) is 0 Å². The Morgan fingerprint density at radius 2 is 1.72 bits per heavy atom. The molecule has 0 heterocycles. The molecular weight excluding hydrogens is 388 g/mol. The summed E-state index contributed by atoms with van der Waals surface area (Å²) >= 11 is 0. The van der Waals surface area contributed by atoms with Gasteiger partial charge < -0.3 is 0 Å². The zero-order valence-electron chi connectivity index (χ0n) is 22.4. The fraction of sp³-hybridized carbons (Fsp3) is 0.839. The summed E-state index contributed by atoms with van der Waals surface area (Å²) in [7, 11) is 0. The van der Waals surface area contributed by atoms with Crippen molar-refractivity contribution in [2.75, 3.05) is 0 Å². The summed E-state index contributed by atoms with van der Waals surface area (Å²) in [6.45, 7) is 23.8. The van der Waals surface area contributed by atoms with Crippen molar-refractivity contribution in [2.24, 2.45) is 51.2 Å². The smallest absolute Gasteiger partial charge is 0.138 e. The summed E-state index contributed by atoms with van der Waals surface area (Å²) in [5, 5.41) is 0. The molecule has 4 aliphatic rings. The lowest BCUT2D eigenvalue weighted by Gasteiger charge is -2.63. The molecular formula is C31H50O. The van der Waals surface area contributed by atoms with Crippen LogP contribution in [0.3, 0.4) is 0 Å². The Hall–Kier alpha value is -0.850. The molecule has 3 saturated carbocycles. The maximum absolute atomic E-state index is 12.8. The quantitative estimate of drug-likeness (QED) is 0.392. The van der Waals surface area contributed by atoms with E-state index in [-0.39, 0.29) is 10.8 Å². The average Bonchev–Trinajstić information content (AvgIpc) is 3.00. The molecule has 4 aliphatic carbocycles. The zero-order valence-corrected chi connectivity index (χ0v) is 22.4. The number of carbonyl (C=O) groups is 1. The Balaban J connectivity index is 1.61. The van der Waals surface area contributed by atoms with E-state index in [0.717, 1.165) is 24.7 Å². The molecule has 1 heteroatoms. The summed E-state index contributed by atoms with van der Waals surface area (Å²) in [5.74, 6) is 3.93. The van der Waals surface area contributed by atoms with Crippen LogP contribution in [-0.2, 0) is 4.79 Å². The lowest BCUT2D eigenvalue weighted by Crippen LogP contribution is -2.56. The van der Waals surface area contributed by atoms with Gasteiger partial charge in [-0.1, -0.05) is 79.2 Å². The molecule has 3 fully saturated rings. The molecule has 0 bridgehead atoms. The number of Topliss-reactive ketones (excluding diaryl/α,β-unsaturated/α-hetero) is 1. The Bertz CT molecular complexity index is 814. The zero-order chi connectivity index (χ0) is 23.7. The molecule has 7 atom stereocenters. The van der Waals surface area contributed by atoms with E-state index in [1.807, 2.05) is 0 Å². The minimum absolute atomic E-state index is 0.161. The number of rotatable bonds is 5. The molecule has 32 heavy (non-hydrogen) atoms. The third-order valence-electron chi connectivity index (χ3n) is 12.0. The lowest BCUT2D eigenvalue weighted by molar-refractivity contribution is -0.142. The van der Waals surface area contributed by atoms with Gasteiger partial charge >= 0.3 is 0 Å². The molecule has 4 rings (SSSR count). The van der Waals surface area contributed by atoms with E-state index < -0.39 is 0 Å². The molecule has 0 amide bonds. The maximum atomic E-state index is 12.8. The first-order valence-corrected chi connectivity index (χ1v) is 13.7. The first-order chi connectivity index (χ1) is 14.8. The van der Waals surface area contributed by atoms with E-state index in [0.29, 0.717) is 34.4 Å². The first-order valence-electron chi connectivity index (χ1n) is 13.7. The number of hydrogen-bond donors (Lipinski definition) is 0. The number of carbonyl (C=O) groups excluding carboxylic acids is 1. The fourth-order valence-corrected chi connectivity index (χ4v) is 9.39. The topological polar surface area (TPSA) is 17.1 Å². The average molecular weight is 439 g/mol. The standard InChI is InChI=1S/C31H50O/c1-20(2)21(3)10-11-22(4)23-14-18-31(9)25-12-13-26-28(5,6)27(32)16-17-29(26,7)24(25)15-19-30(23,31)8/h15,20,22-23,25-26H,3,10-14,16-19H2,1-2,4-9H3/t22-,23-,25-,26?,29-,30-,31+/m1/s1. The van der Waals surface area contributed by atoms with Gasteiger partial charge in [-0.2, -0.15) is 0 Å². The van der Waals surface area contributed by atoms with E-state index in [9.17, 15) is 4.79 Å². The molecule has 0 aromatic rings. The van der Waals surface area contributed by atoms with Gasteiger partial charge in [-0.05, 0) is 97.2 Å². The van der Waals surface area contributed by atoms with Crippen LogP contribution in [0.15, 0.2) is 23.8 Å². The molecule has 0 aliphatic heterocycles. The third-order valence-corrected chi connectivity index (χ3v) is 12.0. The number of hydrogen-bond acceptors (Lipinski definition) is 1. The van der Waals surface area contributed by atoms with E-state index in [1.54, 1.807) is 5.57 Å². The second-order valence-electron chi connectivity index (χ2n) is 13.9. The Morgan fingerprint density at radius 1 is 1.03 bits per heavy atom. The molecule has 0 radical (unpaired) electrons. The second-order valence-corrected chi connectivity index (χ2v) is 13.9. The van der Waals surface area contributed by atoms with Gasteiger partial charge in [0, 0.05) is 11.8 Å². The van der Waals surface area contributed by atoms with Crippen LogP contribution in [0.2, 0.25) is 0 Å². The van der Waals surface area contributed by atoms with Crippen molar-refractivity contribution in [3.05, 3.63) is 23.8 Å². The lowest BCUT2D eigenvalue weighted by atomic mass is 9.41. The Labute approximate surface area is 198 Å². The van der Waals surface area contributed by atoms with Crippen molar-refractivity contribution in [2.45, 2.75) is 113 Å². The van der Waals surface area contributed by atoms with Crippen LogP contribution in [-0.4, -0.2) is 5.78 Å². The minimum atomic E-state index is -0.161. The van der Waals surface area contributed by atoms with Crippen molar-refractivity contribution in [1.82, 2.24) is 0 Å². The highest BCUT2D eigenvalue weighted by Gasteiger charge is 2.65. The van der Waals surface area contributed by atoms with Crippen LogP contribution in [0.4, 0.5) is 0 Å². The Kier molecular flexibility index (Phi) is 5.95. The number of allylic oxidation sites excluding steroid dienone is 3. The predicted octanol–water partition coefficient (Wildman–Crippen LogP) is 8.79. The van der Waals surface area contributed by atoms with Gasteiger partial charge in [0.25, 0.3) is 0 Å². The van der Waals surface area contributed by atoms with Crippen molar-refractivity contribution in [3.63, 3.8) is 0 Å². The van der Waals surface area contributed by atoms with Crippen LogP contribution >= 0.6 is 0 Å². The monoisotopic (exact) mass is 438 g/mol. The molecule has 0 aromatic carbocycles. The SMILES string of the molecule is C=C(CC[C@@H](C)[C@H]1CC[C@@]2(C)[C@@H]3CCC4C(C)(C)C(=O)CC[C@]4(C)C3=CC[C@]12C)C(C)C. The van der Waals surface area contributed by atoms with Crippen LogP contribution in [0.25, 0.3) is 0 Å². The third kappa shape index (κ3) is 3.26. The van der Waals surface area contributed by atoms with E-state index >= 15 is 0 Å². The molecule has 1 unspecified atom stereocenters. The summed E-state index contributed by atoms with van der Waals surface area (Å²) in [6, 6.07) is 0. The van der Waals surface area contributed by atoms with Gasteiger partial charge in [-0.15, -0.1) is 0 Å². The van der Waals surface area contributed by atoms with Gasteiger partial charge in [-0.25, -0.2) is 0 Å². The van der Waals surface area contributed by atoms with E-state index in [4.69, 9.17) is 0 Å². The highest BCUT2D eigenvalue weighted by Crippen LogP contribution is 2.72. The minimum Gasteiger partial charge on any atom is -0.299 e. The van der Waals surface area contributed by atoms with Crippen molar-refractivity contribution in [1.29, 1.82) is 0 Å². The van der Waals surface area contributed by atoms with Crippen molar-refractivity contribution in [3.8, 4) is 0 Å². The summed E-state index contributed by atoms with van der Waals surface area (Å²) in [5.41, 5.74) is 4.06. The van der Waals surface area contributed by atoms with Crippen LogP contribution in [0.1, 0.15) is 113 Å². The molecule has 0 N–H and O–H groups in total. The number of fused-ring (bicyclic) bond motifs is 5. The van der Waals surface area contributed by atoms with E-state index in [2.05, 4.69) is 68.0 Å². The molecule has 1 nitrogen and oxygen atoms in total. The Morgan fingerprint density at radius 3 is 2.38 bits per heavy atom. The van der Waals surface area contributed by atoms with Crippen LogP contribution in [0, 0.1) is 51.2 Å². The van der Waals surface area contributed by atoms with Gasteiger partial charge in [0.05, 0.1) is 0 Å². The molecule has 0 saturated heterocycles. The van der Waals surface area contributed by atoms with Gasteiger partial charge in [-0.3, -0.25) is 4.79 Å². The van der Waals surface area contributed by atoms with Crippen LogP contribution < -0.4 is 0 Å². The first kappa shape index (κ1) is 24.3. The molecule has 180 valence electrons. The van der Waals surface area contributed by atoms with E-state index in [1.165, 1.54) is 50.5 Å². The highest BCUT2D eigenvalue weighted by atomic mass is 16.1. The second kappa shape index (κ2) is 7.84. The number of ketones is 1. The van der Waals surface area contributed by atoms with Crippen LogP contribution in [0.5, 0.6) is 0 Å². The summed E-state index contributed by atoms with van der Waals surface area (Å²) in [4.78, 5) is 12.8. The normalized spacial score (nSPS) is 43.8. The summed E-state index contributed by atoms with van der Waals surface area (Å²) in [6.07, 6.45) is 13.6. The van der Waals surface area contributed by atoms with Gasteiger partial charge in [0.1, 0.15) is 5.78 Å². The fourth-order valence-electron chi connectivity index (χ4n) is 9.39. The molecule has 0 aromatic heterocycles. The van der Waals surface area contributed by atoms with Crippen molar-refractivity contribution < 1.29 is 4.79 Å². The van der Waals surface area contributed by atoms with Gasteiger partial charge in [0.15, 0.2) is 0 Å². The largest absolute Gasteiger partial charge is 0.299 e. The maximum Gasteiger partial charge on any atom is 0.138 e. The molecule has 0 spiro atoms. The summed E-state index contributed by atoms with van der Waals surface area (Å²) < 4.78 is 0.